The lowest BCUT2D eigenvalue weighted by Crippen LogP contribution is -2.50. The van der Waals surface area contributed by atoms with E-state index in [-0.39, 0.29) is 24.6 Å². The summed E-state index contributed by atoms with van der Waals surface area (Å²) in [5, 5.41) is 9.80. The van der Waals surface area contributed by atoms with E-state index >= 15 is 0 Å². The minimum atomic E-state index is -1.05. The third-order valence-corrected chi connectivity index (χ3v) is 6.41. The zero-order chi connectivity index (χ0) is 27.2. The molecule has 0 bridgehead atoms. The number of hydrogen-bond acceptors (Lipinski definition) is 5. The van der Waals surface area contributed by atoms with E-state index in [1.807, 2.05) is 45.9 Å². The fraction of sp³-hybridized carbons (Fsp3) is 0.357. The highest BCUT2D eigenvalue weighted by Gasteiger charge is 2.36. The number of benzene rings is 2. The normalized spacial score (nSPS) is 12.1. The summed E-state index contributed by atoms with van der Waals surface area (Å²) in [6, 6.07) is 14.8. The van der Waals surface area contributed by atoms with E-state index in [1.54, 1.807) is 43.3 Å². The molecule has 0 saturated carbocycles. The van der Waals surface area contributed by atoms with Crippen molar-refractivity contribution in [2.24, 2.45) is 0 Å². The first-order valence-corrected chi connectivity index (χ1v) is 12.6. The molecule has 0 aliphatic rings. The number of halogens is 1. The van der Waals surface area contributed by atoms with Gasteiger partial charge in [-0.2, -0.15) is 0 Å². The Balaban J connectivity index is 1.98. The van der Waals surface area contributed by atoms with Crippen molar-refractivity contribution in [3.05, 3.63) is 76.5 Å². The summed E-state index contributed by atoms with van der Waals surface area (Å²) >= 11 is 6.56. The topological polar surface area (TPSA) is 105 Å². The fourth-order valence-electron chi connectivity index (χ4n) is 3.77. The van der Waals surface area contributed by atoms with Crippen molar-refractivity contribution in [1.29, 1.82) is 0 Å². The molecule has 37 heavy (non-hydrogen) atoms. The van der Waals surface area contributed by atoms with E-state index in [2.05, 4.69) is 15.8 Å². The van der Waals surface area contributed by atoms with Crippen LogP contribution in [0.1, 0.15) is 63.0 Å². The van der Waals surface area contributed by atoms with Crippen LogP contribution in [-0.4, -0.2) is 28.4 Å². The lowest BCUT2D eigenvalue weighted by Gasteiger charge is -2.35. The molecule has 8 nitrogen and oxygen atoms in total. The first kappa shape index (κ1) is 27.9. The second-order valence-corrected chi connectivity index (χ2v) is 10.0. The average molecular weight is 525 g/mol. The molecule has 0 radical (unpaired) electrons. The molecular formula is C28H33ClN4O4. The van der Waals surface area contributed by atoms with E-state index in [9.17, 15) is 14.4 Å². The highest BCUT2D eigenvalue weighted by Crippen LogP contribution is 2.34. The van der Waals surface area contributed by atoms with Gasteiger partial charge in [-0.3, -0.25) is 19.3 Å². The van der Waals surface area contributed by atoms with Gasteiger partial charge < -0.3 is 15.2 Å². The van der Waals surface area contributed by atoms with Gasteiger partial charge in [0.15, 0.2) is 5.82 Å². The average Bonchev–Trinajstić information content (AvgIpc) is 3.25. The highest BCUT2D eigenvalue weighted by atomic mass is 35.5. The van der Waals surface area contributed by atoms with Crippen molar-refractivity contribution in [2.45, 2.75) is 65.5 Å². The summed E-state index contributed by atoms with van der Waals surface area (Å²) in [6.45, 7) is 9.44. The lowest BCUT2D eigenvalue weighted by atomic mass is 9.97. The van der Waals surface area contributed by atoms with E-state index in [4.69, 9.17) is 16.1 Å². The summed E-state index contributed by atoms with van der Waals surface area (Å²) in [6.07, 6.45) is 0.445. The first-order valence-electron chi connectivity index (χ1n) is 12.2. The number of aryl methyl sites for hydroxylation is 2. The zero-order valence-corrected chi connectivity index (χ0v) is 22.6. The summed E-state index contributed by atoms with van der Waals surface area (Å²) < 4.78 is 4.97. The maximum atomic E-state index is 13.8. The van der Waals surface area contributed by atoms with Crippen molar-refractivity contribution < 1.29 is 18.9 Å². The van der Waals surface area contributed by atoms with Gasteiger partial charge in [0, 0.05) is 40.7 Å². The van der Waals surface area contributed by atoms with Crippen LogP contribution >= 0.6 is 11.6 Å². The van der Waals surface area contributed by atoms with E-state index in [0.717, 1.165) is 5.56 Å². The van der Waals surface area contributed by atoms with Crippen LogP contribution in [0.25, 0.3) is 0 Å². The molecule has 3 amide bonds. The van der Waals surface area contributed by atoms with Gasteiger partial charge in [0.1, 0.15) is 11.8 Å². The molecule has 0 aliphatic carbocycles. The number of anilines is 2. The Hall–Kier alpha value is -3.65. The Labute approximate surface area is 222 Å². The molecule has 2 aromatic carbocycles. The fourth-order valence-corrected chi connectivity index (χ4v) is 4.01. The smallest absolute Gasteiger partial charge is 0.248 e. The number of nitrogens with zero attached hydrogens (tertiary/aromatic N) is 2. The maximum Gasteiger partial charge on any atom is 0.248 e. The Morgan fingerprint density at radius 3 is 2.41 bits per heavy atom. The van der Waals surface area contributed by atoms with Crippen LogP contribution in [0.15, 0.2) is 59.1 Å². The second kappa shape index (κ2) is 12.1. The molecule has 2 N–H and O–H groups in total. The van der Waals surface area contributed by atoms with Crippen LogP contribution in [0.4, 0.5) is 11.5 Å². The van der Waals surface area contributed by atoms with Gasteiger partial charge in [0.2, 0.25) is 17.7 Å². The van der Waals surface area contributed by atoms with Crippen LogP contribution in [0.3, 0.4) is 0 Å². The minimum Gasteiger partial charge on any atom is -0.360 e. The number of amides is 3. The number of carbonyl (C=O) groups excluding carboxylic acids is 3. The van der Waals surface area contributed by atoms with E-state index in [0.29, 0.717) is 28.5 Å². The van der Waals surface area contributed by atoms with E-state index in [1.165, 1.54) is 4.90 Å². The van der Waals surface area contributed by atoms with Crippen LogP contribution in [-0.2, 0) is 14.4 Å². The third-order valence-electron chi connectivity index (χ3n) is 6.06. The Bertz CT molecular complexity index is 1270. The Kier molecular flexibility index (Phi) is 9.10. The summed E-state index contributed by atoms with van der Waals surface area (Å²) in [5.74, 6) is -0.318. The highest BCUT2D eigenvalue weighted by molar-refractivity contribution is 6.31. The number of rotatable bonds is 10. The molecule has 1 aromatic heterocycles. The largest absolute Gasteiger partial charge is 0.360 e. The number of hydrogen-bond donors (Lipinski definition) is 2. The van der Waals surface area contributed by atoms with Gasteiger partial charge in [-0.25, -0.2) is 0 Å². The zero-order valence-electron chi connectivity index (χ0n) is 21.8. The first-order chi connectivity index (χ1) is 17.5. The second-order valence-electron chi connectivity index (χ2n) is 9.62. The van der Waals surface area contributed by atoms with Crippen molar-refractivity contribution in [3.8, 4) is 0 Å². The van der Waals surface area contributed by atoms with Gasteiger partial charge in [-0.15, -0.1) is 0 Å². The van der Waals surface area contributed by atoms with Gasteiger partial charge >= 0.3 is 0 Å². The van der Waals surface area contributed by atoms with Crippen molar-refractivity contribution in [3.63, 3.8) is 0 Å². The molecule has 0 aliphatic heterocycles. The molecule has 0 saturated heterocycles. The SMILES string of the molecule is CCC(C)(C)NC(=O)[C@@H](c1ccccc1Cl)N(C(=O)CCC(=O)Nc1cc(C)on1)c1cccc(C)c1. The predicted molar refractivity (Wildman–Crippen MR) is 144 cm³/mol. The van der Waals surface area contributed by atoms with E-state index < -0.39 is 23.4 Å². The van der Waals surface area contributed by atoms with Crippen molar-refractivity contribution >= 4 is 40.8 Å². The number of carbonyl (C=O) groups is 3. The Morgan fingerprint density at radius 1 is 1.05 bits per heavy atom. The minimum absolute atomic E-state index is 0.107. The molecule has 1 atom stereocenters. The number of nitrogens with one attached hydrogen (secondary N) is 2. The predicted octanol–water partition coefficient (Wildman–Crippen LogP) is 5.74. The van der Waals surface area contributed by atoms with Crippen molar-refractivity contribution in [2.75, 3.05) is 10.2 Å². The quantitative estimate of drug-likeness (QED) is 0.352. The maximum absolute atomic E-state index is 13.8. The lowest BCUT2D eigenvalue weighted by molar-refractivity contribution is -0.128. The Morgan fingerprint density at radius 2 is 1.78 bits per heavy atom. The summed E-state index contributed by atoms with van der Waals surface area (Å²) in [4.78, 5) is 41.5. The molecule has 0 unspecified atom stereocenters. The molecule has 196 valence electrons. The molecule has 1 heterocycles. The molecule has 3 rings (SSSR count). The van der Waals surface area contributed by atoms with Crippen molar-refractivity contribution in [1.82, 2.24) is 10.5 Å². The van der Waals surface area contributed by atoms with Gasteiger partial charge in [0.05, 0.1) is 0 Å². The molecule has 0 spiro atoms. The molecular weight excluding hydrogens is 492 g/mol. The standard InChI is InChI=1S/C28H33ClN4O4/c1-6-28(4,5)31-27(36)26(21-12-7-8-13-22(21)29)33(20-11-9-10-18(2)16-20)25(35)15-14-24(34)30-23-17-19(3)37-32-23/h7-13,16-17,26H,6,14-15H2,1-5H3,(H,31,36)(H,30,32,34)/t26-/m1/s1. The van der Waals surface area contributed by atoms with Crippen LogP contribution in [0, 0.1) is 13.8 Å². The van der Waals surface area contributed by atoms with Gasteiger partial charge in [-0.1, -0.05) is 54.0 Å². The van der Waals surface area contributed by atoms with Crippen LogP contribution in [0.2, 0.25) is 5.02 Å². The molecule has 9 heteroatoms. The third kappa shape index (κ3) is 7.43. The van der Waals surface area contributed by atoms with Crippen LogP contribution < -0.4 is 15.5 Å². The van der Waals surface area contributed by atoms with Gasteiger partial charge in [0.25, 0.3) is 0 Å². The van der Waals surface area contributed by atoms with Crippen LogP contribution in [0.5, 0.6) is 0 Å². The number of aromatic nitrogens is 1. The monoisotopic (exact) mass is 524 g/mol. The summed E-state index contributed by atoms with van der Waals surface area (Å²) in [7, 11) is 0. The molecule has 0 fully saturated rings. The molecule has 3 aromatic rings. The van der Waals surface area contributed by atoms with Gasteiger partial charge in [-0.05, 0) is 57.9 Å². The summed E-state index contributed by atoms with van der Waals surface area (Å²) in [5.41, 5.74) is 1.44.